The Bertz CT molecular complexity index is 677. The summed E-state index contributed by atoms with van der Waals surface area (Å²) in [4.78, 5) is 13.2. The van der Waals surface area contributed by atoms with Gasteiger partial charge in [0.05, 0.1) is 11.2 Å². The van der Waals surface area contributed by atoms with Crippen molar-refractivity contribution in [3.05, 3.63) is 28.2 Å². The minimum Gasteiger partial charge on any atom is -0.423 e. The fourth-order valence-corrected chi connectivity index (χ4v) is 3.32. The van der Waals surface area contributed by atoms with Gasteiger partial charge in [-0.2, -0.15) is 5.26 Å². The fraction of sp³-hybridized carbons (Fsp3) is 0.533. The van der Waals surface area contributed by atoms with Crippen molar-refractivity contribution in [2.45, 2.75) is 25.3 Å². The first-order chi connectivity index (χ1) is 10.8. The van der Waals surface area contributed by atoms with E-state index in [2.05, 4.69) is 31.2 Å². The van der Waals surface area contributed by atoms with E-state index in [-0.39, 0.29) is 0 Å². The number of hydrogen-bond acceptors (Lipinski definition) is 7. The van der Waals surface area contributed by atoms with Crippen molar-refractivity contribution in [3.63, 3.8) is 0 Å². The molecule has 0 N–H and O–H groups in total. The van der Waals surface area contributed by atoms with Crippen molar-refractivity contribution >= 4 is 17.2 Å². The molecule has 0 aromatic carbocycles. The average molecular weight is 315 g/mol. The van der Waals surface area contributed by atoms with E-state index in [1.165, 1.54) is 0 Å². The molecule has 0 atom stereocenters. The highest BCUT2D eigenvalue weighted by Gasteiger charge is 2.32. The monoisotopic (exact) mass is 315 g/mol. The Morgan fingerprint density at radius 1 is 1.32 bits per heavy atom. The third-order valence-electron chi connectivity index (χ3n) is 4.19. The Kier molecular flexibility index (Phi) is 3.56. The van der Waals surface area contributed by atoms with Gasteiger partial charge in [-0.25, -0.2) is 9.97 Å². The molecule has 2 aliphatic rings. The van der Waals surface area contributed by atoms with Crippen LogP contribution in [0.4, 0.5) is 5.88 Å². The van der Waals surface area contributed by atoms with E-state index in [1.807, 2.05) is 5.51 Å². The molecule has 0 amide bonds. The quantitative estimate of drug-likeness (QED) is 0.861. The highest BCUT2D eigenvalue weighted by molar-refractivity contribution is 7.07. The summed E-state index contributed by atoms with van der Waals surface area (Å²) in [5, 5.41) is 11.4. The van der Waals surface area contributed by atoms with Gasteiger partial charge in [-0.1, -0.05) is 0 Å². The predicted octanol–water partition coefficient (Wildman–Crippen LogP) is 2.20. The number of nitriles is 1. The lowest BCUT2D eigenvalue weighted by molar-refractivity contribution is 0.243. The number of anilines is 1. The maximum atomic E-state index is 9.27. The molecule has 7 heteroatoms. The van der Waals surface area contributed by atoms with E-state index in [1.54, 1.807) is 11.3 Å². The summed E-state index contributed by atoms with van der Waals surface area (Å²) in [6, 6.07) is 2.17. The molecule has 1 aliphatic carbocycles. The molecule has 114 valence electrons. The van der Waals surface area contributed by atoms with Crippen LogP contribution < -0.4 is 4.90 Å². The lowest BCUT2D eigenvalue weighted by atomic mass is 10.3. The van der Waals surface area contributed by atoms with Crippen molar-refractivity contribution in [1.82, 2.24) is 14.9 Å². The number of rotatable bonds is 4. The van der Waals surface area contributed by atoms with Gasteiger partial charge in [0, 0.05) is 44.0 Å². The van der Waals surface area contributed by atoms with Crippen LogP contribution in [-0.2, 0) is 6.54 Å². The zero-order valence-corrected chi connectivity index (χ0v) is 13.1. The van der Waals surface area contributed by atoms with Crippen molar-refractivity contribution in [2.24, 2.45) is 0 Å². The lowest BCUT2D eigenvalue weighted by Crippen LogP contribution is -2.46. The predicted molar refractivity (Wildman–Crippen MR) is 82.8 cm³/mol. The molecule has 6 nitrogen and oxygen atoms in total. The second kappa shape index (κ2) is 5.71. The van der Waals surface area contributed by atoms with E-state index < -0.39 is 0 Å². The highest BCUT2D eigenvalue weighted by atomic mass is 32.1. The lowest BCUT2D eigenvalue weighted by Gasteiger charge is -2.34. The molecular formula is C15H17N5OS. The van der Waals surface area contributed by atoms with Gasteiger partial charge in [-0.05, 0) is 12.8 Å². The normalized spacial score (nSPS) is 19.3. The summed E-state index contributed by atoms with van der Waals surface area (Å²) in [6.45, 7) is 4.51. The van der Waals surface area contributed by atoms with E-state index in [0.717, 1.165) is 57.2 Å². The Morgan fingerprint density at radius 2 is 2.14 bits per heavy atom. The molecular weight excluding hydrogens is 298 g/mol. The molecule has 0 radical (unpaired) electrons. The van der Waals surface area contributed by atoms with Crippen molar-refractivity contribution in [1.29, 1.82) is 5.26 Å². The summed E-state index contributed by atoms with van der Waals surface area (Å²) in [5.74, 6) is 1.85. The molecule has 2 aromatic rings. The van der Waals surface area contributed by atoms with E-state index >= 15 is 0 Å². The van der Waals surface area contributed by atoms with Crippen molar-refractivity contribution in [3.8, 4) is 6.07 Å². The Morgan fingerprint density at radius 3 is 2.77 bits per heavy atom. The zero-order valence-electron chi connectivity index (χ0n) is 12.2. The zero-order chi connectivity index (χ0) is 14.9. The van der Waals surface area contributed by atoms with Crippen molar-refractivity contribution in [2.75, 3.05) is 31.1 Å². The maximum absolute atomic E-state index is 9.27. The van der Waals surface area contributed by atoms with Crippen molar-refractivity contribution < 1.29 is 4.42 Å². The summed E-state index contributed by atoms with van der Waals surface area (Å²) < 4.78 is 5.87. The number of aromatic nitrogens is 2. The van der Waals surface area contributed by atoms with Gasteiger partial charge in [0.1, 0.15) is 6.07 Å². The molecule has 2 aromatic heterocycles. The van der Waals surface area contributed by atoms with Gasteiger partial charge in [0.2, 0.25) is 17.5 Å². The molecule has 1 aliphatic heterocycles. The highest BCUT2D eigenvalue weighted by Crippen LogP contribution is 2.41. The van der Waals surface area contributed by atoms with Crippen LogP contribution in [0.1, 0.15) is 36.0 Å². The van der Waals surface area contributed by atoms with Gasteiger partial charge >= 0.3 is 0 Å². The summed E-state index contributed by atoms with van der Waals surface area (Å²) in [7, 11) is 0. The Balaban J connectivity index is 1.42. The maximum Gasteiger partial charge on any atom is 0.234 e. The molecule has 1 saturated heterocycles. The third kappa shape index (κ3) is 2.72. The van der Waals surface area contributed by atoms with Crippen LogP contribution in [0.2, 0.25) is 0 Å². The average Bonchev–Trinajstić information content (AvgIpc) is 3.10. The van der Waals surface area contributed by atoms with Gasteiger partial charge in [0.25, 0.3) is 0 Å². The van der Waals surface area contributed by atoms with E-state index in [9.17, 15) is 5.26 Å². The molecule has 3 heterocycles. The van der Waals surface area contributed by atoms with Gasteiger partial charge in [-0.15, -0.1) is 11.3 Å². The SMILES string of the molecule is N#Cc1nc(C2CC2)oc1N1CCN(Cc2cscn2)CC1. The number of piperazine rings is 1. The minimum atomic E-state index is 0.437. The Hall–Kier alpha value is -1.91. The molecule has 4 rings (SSSR count). The van der Waals surface area contributed by atoms with E-state index in [0.29, 0.717) is 17.5 Å². The minimum absolute atomic E-state index is 0.437. The molecule has 22 heavy (non-hydrogen) atoms. The first-order valence-corrected chi connectivity index (χ1v) is 8.53. The number of hydrogen-bond donors (Lipinski definition) is 0. The van der Waals surface area contributed by atoms with Crippen LogP contribution in [0.3, 0.4) is 0 Å². The summed E-state index contributed by atoms with van der Waals surface area (Å²) in [6.07, 6.45) is 2.26. The molecule has 1 saturated carbocycles. The van der Waals surface area contributed by atoms with Crippen LogP contribution in [0.25, 0.3) is 0 Å². The Labute approximate surface area is 133 Å². The van der Waals surface area contributed by atoms with Crippen LogP contribution in [0.5, 0.6) is 0 Å². The topological polar surface area (TPSA) is 69.2 Å². The largest absolute Gasteiger partial charge is 0.423 e. The molecule has 2 fully saturated rings. The standard InChI is InChI=1S/C15H17N5OS/c16-7-13-15(21-14(18-13)11-1-2-11)20-5-3-19(4-6-20)8-12-9-22-10-17-12/h9-11H,1-6,8H2. The summed E-state index contributed by atoms with van der Waals surface area (Å²) >= 11 is 1.63. The number of nitrogens with zero attached hydrogens (tertiary/aromatic N) is 5. The third-order valence-corrected chi connectivity index (χ3v) is 4.82. The van der Waals surface area contributed by atoms with Gasteiger partial charge in [0.15, 0.2) is 0 Å². The number of oxazole rings is 1. The van der Waals surface area contributed by atoms with Gasteiger partial charge in [-0.3, -0.25) is 4.90 Å². The van der Waals surface area contributed by atoms with Crippen LogP contribution in [0, 0.1) is 11.3 Å². The van der Waals surface area contributed by atoms with Gasteiger partial charge < -0.3 is 9.32 Å². The van der Waals surface area contributed by atoms with E-state index in [4.69, 9.17) is 4.42 Å². The van der Waals surface area contributed by atoms with Crippen LogP contribution >= 0.6 is 11.3 Å². The molecule has 0 bridgehead atoms. The molecule has 0 unspecified atom stereocenters. The first-order valence-electron chi connectivity index (χ1n) is 7.58. The second-order valence-corrected chi connectivity index (χ2v) is 6.55. The fourth-order valence-electron chi connectivity index (χ4n) is 2.77. The van der Waals surface area contributed by atoms with Crippen LogP contribution in [-0.4, -0.2) is 41.0 Å². The summed E-state index contributed by atoms with van der Waals surface area (Å²) in [5.41, 5.74) is 3.44. The number of thiazole rings is 1. The van der Waals surface area contributed by atoms with Crippen LogP contribution in [0.15, 0.2) is 15.3 Å². The molecule has 0 spiro atoms. The smallest absolute Gasteiger partial charge is 0.234 e. The first kappa shape index (κ1) is 13.7. The second-order valence-electron chi connectivity index (χ2n) is 5.83.